The number of unbranched alkanes of at least 4 members (excludes halogenated alkanes) is 8. The van der Waals surface area contributed by atoms with Gasteiger partial charge in [0.1, 0.15) is 0 Å². The lowest BCUT2D eigenvalue weighted by Crippen LogP contribution is -2.23. The molecule has 0 amide bonds. The molecule has 0 saturated carbocycles. The molecule has 0 aliphatic heterocycles. The minimum atomic E-state index is -1.23. The van der Waals surface area contributed by atoms with Crippen LogP contribution in [-0.2, 0) is 9.59 Å². The van der Waals surface area contributed by atoms with Gasteiger partial charge in [0.15, 0.2) is 5.92 Å². The average Bonchev–Trinajstić information content (AvgIpc) is 2.94. The zero-order valence-corrected chi connectivity index (χ0v) is 23.4. The van der Waals surface area contributed by atoms with Crippen LogP contribution in [0, 0.1) is 5.92 Å². The summed E-state index contributed by atoms with van der Waals surface area (Å²) in [4.78, 5) is 62.7. The van der Waals surface area contributed by atoms with Crippen LogP contribution < -0.4 is 0 Å². The highest BCUT2D eigenvalue weighted by atomic mass is 16.4. The molecule has 0 fully saturated rings. The van der Waals surface area contributed by atoms with Gasteiger partial charge >= 0.3 is 35.8 Å². The monoisotopic (exact) mass is 590 g/mol. The Hall–Kier alpha value is -4.74. The number of carboxylic acids is 6. The predicted molar refractivity (Wildman–Crippen MR) is 151 cm³/mol. The van der Waals surface area contributed by atoms with Crippen molar-refractivity contribution in [3.63, 3.8) is 0 Å². The normalized spacial score (nSPS) is 9.95. The summed E-state index contributed by atoms with van der Waals surface area (Å²) in [6.07, 6.45) is 10.5. The van der Waals surface area contributed by atoms with Crippen LogP contribution in [-0.4, -0.2) is 66.5 Å². The highest BCUT2D eigenvalue weighted by molar-refractivity contribution is 5.94. The Morgan fingerprint density at radius 3 is 1.14 bits per heavy atom. The molecule has 2 aromatic carbocycles. The van der Waals surface area contributed by atoms with Gasteiger partial charge in [0.2, 0.25) is 0 Å². The molecule has 0 aliphatic carbocycles. The summed E-state index contributed by atoms with van der Waals surface area (Å²) in [5.74, 6) is -8.05. The molecule has 12 heteroatoms. The second kappa shape index (κ2) is 21.1. The zero-order chi connectivity index (χ0) is 32.1. The van der Waals surface area contributed by atoms with Crippen LogP contribution in [0.2, 0.25) is 0 Å². The maximum absolute atomic E-state index is 10.6. The van der Waals surface area contributed by atoms with Crippen molar-refractivity contribution >= 4 is 35.8 Å². The number of aliphatic carboxylic acids is 2. The highest BCUT2D eigenvalue weighted by Crippen LogP contribution is 2.14. The van der Waals surface area contributed by atoms with E-state index in [0.29, 0.717) is 6.42 Å². The Bertz CT molecular complexity index is 1090. The number of rotatable bonds is 16. The smallest absolute Gasteiger partial charge is 0.335 e. The largest absolute Gasteiger partial charge is 0.481 e. The topological polar surface area (TPSA) is 224 Å². The molecule has 42 heavy (non-hydrogen) atoms. The first-order valence-corrected chi connectivity index (χ1v) is 13.4. The van der Waals surface area contributed by atoms with Gasteiger partial charge in [-0.05, 0) is 48.9 Å². The van der Waals surface area contributed by atoms with Crippen molar-refractivity contribution in [1.29, 1.82) is 0 Å². The fourth-order valence-electron chi connectivity index (χ4n) is 3.55. The lowest BCUT2D eigenvalue weighted by Gasteiger charge is -2.06. The van der Waals surface area contributed by atoms with Crippen LogP contribution in [0.15, 0.2) is 48.5 Å². The Morgan fingerprint density at radius 2 is 0.833 bits per heavy atom. The number of carbonyl (C=O) groups is 6. The molecular formula is C30H38O12. The minimum Gasteiger partial charge on any atom is -0.481 e. The van der Waals surface area contributed by atoms with Gasteiger partial charge in [-0.15, -0.1) is 0 Å². The van der Waals surface area contributed by atoms with Crippen LogP contribution in [0.1, 0.15) is 113 Å². The summed E-state index contributed by atoms with van der Waals surface area (Å²) in [6.45, 7) is 2.20. The van der Waals surface area contributed by atoms with Crippen molar-refractivity contribution in [2.45, 2.75) is 71.1 Å². The van der Waals surface area contributed by atoms with Crippen molar-refractivity contribution in [1.82, 2.24) is 0 Å². The molecule has 12 nitrogen and oxygen atoms in total. The number of hydrogen-bond acceptors (Lipinski definition) is 6. The second-order valence-corrected chi connectivity index (χ2v) is 9.22. The van der Waals surface area contributed by atoms with E-state index in [9.17, 15) is 28.8 Å². The minimum absolute atomic E-state index is 0.0186. The molecule has 0 saturated heterocycles. The van der Waals surface area contributed by atoms with Crippen LogP contribution in [0.5, 0.6) is 0 Å². The number of carboxylic acid groups (broad SMARTS) is 6. The van der Waals surface area contributed by atoms with Gasteiger partial charge in [0, 0.05) is 0 Å². The van der Waals surface area contributed by atoms with E-state index < -0.39 is 41.7 Å². The Labute approximate surface area is 243 Å². The molecule has 0 radical (unpaired) electrons. The standard InChI is InChI=1S/C14H26O4.2C8H6O4/c1-2-3-4-5-6-7-8-9-10-11-12(13(15)16)14(17)18;9-7(10)5-1-2-6(4-3-5)8(11)12;9-7(10)5-2-1-3-6(4-5)8(11)12/h12H,2-11H2,1H3,(H,15,16)(H,17,18);2*1-4H,(H,9,10)(H,11,12). The summed E-state index contributed by atoms with van der Waals surface area (Å²) in [5, 5.41) is 51.3. The summed E-state index contributed by atoms with van der Waals surface area (Å²) in [6, 6.07) is 10.2. The van der Waals surface area contributed by atoms with E-state index in [4.69, 9.17) is 30.6 Å². The first-order valence-electron chi connectivity index (χ1n) is 13.4. The van der Waals surface area contributed by atoms with Gasteiger partial charge in [-0.25, -0.2) is 19.2 Å². The SMILES string of the molecule is CCCCCCCCCCCC(C(=O)O)C(=O)O.O=C(O)c1ccc(C(=O)O)cc1.O=C(O)c1cccc(C(=O)O)c1. The van der Waals surface area contributed by atoms with E-state index in [2.05, 4.69) is 6.92 Å². The summed E-state index contributed by atoms with van der Waals surface area (Å²) >= 11 is 0. The van der Waals surface area contributed by atoms with Crippen molar-refractivity contribution in [2.75, 3.05) is 0 Å². The van der Waals surface area contributed by atoms with E-state index in [1.807, 2.05) is 0 Å². The van der Waals surface area contributed by atoms with Gasteiger partial charge in [0.25, 0.3) is 0 Å². The first kappa shape index (κ1) is 37.3. The second-order valence-electron chi connectivity index (χ2n) is 9.22. The fourth-order valence-corrected chi connectivity index (χ4v) is 3.55. The molecule has 0 atom stereocenters. The van der Waals surface area contributed by atoms with E-state index in [-0.39, 0.29) is 28.7 Å². The lowest BCUT2D eigenvalue weighted by atomic mass is 10.00. The molecule has 0 bridgehead atoms. The fraction of sp³-hybridized carbons (Fsp3) is 0.400. The summed E-state index contributed by atoms with van der Waals surface area (Å²) in [5.41, 5.74) is 0.129. The van der Waals surface area contributed by atoms with Crippen molar-refractivity contribution < 1.29 is 59.4 Å². The van der Waals surface area contributed by atoms with Crippen molar-refractivity contribution in [3.8, 4) is 0 Å². The van der Waals surface area contributed by atoms with Gasteiger partial charge < -0.3 is 30.6 Å². The van der Waals surface area contributed by atoms with Crippen LogP contribution in [0.3, 0.4) is 0 Å². The average molecular weight is 591 g/mol. The number of aromatic carboxylic acids is 4. The van der Waals surface area contributed by atoms with E-state index in [0.717, 1.165) is 18.9 Å². The first-order chi connectivity index (χ1) is 19.8. The maximum Gasteiger partial charge on any atom is 0.335 e. The lowest BCUT2D eigenvalue weighted by molar-refractivity contribution is -0.154. The molecule has 6 N–H and O–H groups in total. The van der Waals surface area contributed by atoms with E-state index in [1.54, 1.807) is 0 Å². The van der Waals surface area contributed by atoms with Crippen molar-refractivity contribution in [2.24, 2.45) is 5.92 Å². The van der Waals surface area contributed by atoms with Gasteiger partial charge in [-0.3, -0.25) is 9.59 Å². The molecule has 2 rings (SSSR count). The molecular weight excluding hydrogens is 552 g/mol. The third kappa shape index (κ3) is 16.4. The molecule has 0 heterocycles. The van der Waals surface area contributed by atoms with E-state index in [1.165, 1.54) is 81.0 Å². The molecule has 0 spiro atoms. The van der Waals surface area contributed by atoms with Crippen LogP contribution in [0.4, 0.5) is 0 Å². The van der Waals surface area contributed by atoms with Gasteiger partial charge in [-0.1, -0.05) is 70.8 Å². The summed E-state index contributed by atoms with van der Waals surface area (Å²) < 4.78 is 0. The Kier molecular flexibility index (Phi) is 18.7. The Balaban J connectivity index is 0.000000618. The maximum atomic E-state index is 10.6. The third-order valence-corrected chi connectivity index (χ3v) is 5.93. The van der Waals surface area contributed by atoms with E-state index >= 15 is 0 Å². The number of benzene rings is 2. The van der Waals surface area contributed by atoms with Crippen LogP contribution in [0.25, 0.3) is 0 Å². The zero-order valence-electron chi connectivity index (χ0n) is 23.4. The third-order valence-electron chi connectivity index (χ3n) is 5.93. The molecule has 0 unspecified atom stereocenters. The van der Waals surface area contributed by atoms with Gasteiger partial charge in [-0.2, -0.15) is 0 Å². The van der Waals surface area contributed by atoms with Gasteiger partial charge in [0.05, 0.1) is 22.3 Å². The molecule has 0 aromatic heterocycles. The predicted octanol–water partition coefficient (Wildman–Crippen LogP) is 5.86. The molecule has 0 aliphatic rings. The Morgan fingerprint density at radius 1 is 0.500 bits per heavy atom. The number of hydrogen-bond donors (Lipinski definition) is 6. The van der Waals surface area contributed by atoms with Crippen LogP contribution >= 0.6 is 0 Å². The van der Waals surface area contributed by atoms with Crippen molar-refractivity contribution in [3.05, 3.63) is 70.8 Å². The quantitative estimate of drug-likeness (QED) is 0.0998. The molecule has 230 valence electrons. The highest BCUT2D eigenvalue weighted by Gasteiger charge is 2.24. The summed E-state index contributed by atoms with van der Waals surface area (Å²) in [7, 11) is 0. The molecule has 2 aromatic rings.